The minimum atomic E-state index is -0.604. The summed E-state index contributed by atoms with van der Waals surface area (Å²) in [6, 6.07) is 18.2. The molecule has 0 saturated heterocycles. The molecule has 1 atom stereocenters. The molecule has 1 aliphatic heterocycles. The van der Waals surface area contributed by atoms with Gasteiger partial charge in [0.15, 0.2) is 5.78 Å². The van der Waals surface area contributed by atoms with Crippen LogP contribution in [0.15, 0.2) is 89.1 Å². The molecule has 32 heavy (non-hydrogen) atoms. The molecular formula is C25H21ClN2O3S. The second kappa shape index (κ2) is 10.9. The van der Waals surface area contributed by atoms with E-state index in [2.05, 4.69) is 18.0 Å². The number of nitriles is 1. The van der Waals surface area contributed by atoms with Gasteiger partial charge in [-0.3, -0.25) is 4.79 Å². The lowest BCUT2D eigenvalue weighted by Crippen LogP contribution is -2.29. The molecule has 0 bridgehead atoms. The Morgan fingerprint density at radius 1 is 1.22 bits per heavy atom. The van der Waals surface area contributed by atoms with Gasteiger partial charge in [0.05, 0.1) is 33.9 Å². The number of ether oxygens (including phenoxy) is 1. The molecule has 1 unspecified atom stereocenters. The number of halogens is 1. The fourth-order valence-corrected chi connectivity index (χ4v) is 4.46. The van der Waals surface area contributed by atoms with E-state index in [1.807, 2.05) is 30.3 Å². The van der Waals surface area contributed by atoms with Crippen LogP contribution in [0, 0.1) is 11.3 Å². The van der Waals surface area contributed by atoms with Crippen LogP contribution in [-0.4, -0.2) is 24.1 Å². The Kier molecular flexibility index (Phi) is 7.93. The van der Waals surface area contributed by atoms with Gasteiger partial charge in [-0.1, -0.05) is 66.3 Å². The summed E-state index contributed by atoms with van der Waals surface area (Å²) in [5, 5.41) is 14.3. The number of carbonyl (C=O) groups is 2. The summed E-state index contributed by atoms with van der Waals surface area (Å²) in [5.41, 5.74) is 2.63. The van der Waals surface area contributed by atoms with Gasteiger partial charge in [0.2, 0.25) is 0 Å². The number of hydrogen-bond donors (Lipinski definition) is 1. The molecule has 0 spiro atoms. The van der Waals surface area contributed by atoms with Gasteiger partial charge in [0, 0.05) is 16.3 Å². The van der Waals surface area contributed by atoms with Crippen LogP contribution in [0.25, 0.3) is 0 Å². The smallest absolute Gasteiger partial charge is 0.337 e. The first-order chi connectivity index (χ1) is 15.5. The van der Waals surface area contributed by atoms with Crippen LogP contribution in [0.1, 0.15) is 28.8 Å². The molecule has 7 heteroatoms. The van der Waals surface area contributed by atoms with E-state index in [-0.39, 0.29) is 18.1 Å². The number of carbonyl (C=O) groups excluding carboxylic acids is 2. The zero-order chi connectivity index (χ0) is 23.1. The maximum Gasteiger partial charge on any atom is 0.337 e. The lowest BCUT2D eigenvalue weighted by molar-refractivity contribution is -0.138. The zero-order valence-corrected chi connectivity index (χ0v) is 19.0. The quantitative estimate of drug-likeness (QED) is 0.321. The van der Waals surface area contributed by atoms with E-state index in [9.17, 15) is 14.9 Å². The standard InChI is InChI=1S/C25H21ClN2O3S/c1-3-13-31-25(30)22-16(2)28-24(20(14-27)23(22)18-7-5-4-6-8-18)32-15-21(29)17-9-11-19(26)12-10-17/h3-12,23,28H,1,13,15H2,2H3. The van der Waals surface area contributed by atoms with Gasteiger partial charge in [-0.2, -0.15) is 5.26 Å². The molecule has 3 rings (SSSR count). The van der Waals surface area contributed by atoms with Gasteiger partial charge < -0.3 is 10.1 Å². The molecular weight excluding hydrogens is 444 g/mol. The molecule has 0 aromatic heterocycles. The third-order valence-corrected chi connectivity index (χ3v) is 6.12. The number of rotatable bonds is 8. The molecule has 0 fully saturated rings. The second-order valence-corrected chi connectivity index (χ2v) is 8.39. The number of Topliss-reactive ketones (excluding diaryl/α,β-unsaturated/α-hetero) is 1. The SMILES string of the molecule is C=CCOC(=O)C1=C(C)NC(SCC(=O)c2ccc(Cl)cc2)=C(C#N)C1c1ccccc1. The average molecular weight is 465 g/mol. The number of benzene rings is 2. The lowest BCUT2D eigenvalue weighted by Gasteiger charge is -2.29. The Morgan fingerprint density at radius 3 is 2.53 bits per heavy atom. The number of allylic oxidation sites excluding steroid dienone is 2. The number of esters is 1. The molecule has 5 nitrogen and oxygen atoms in total. The Balaban J connectivity index is 1.94. The molecule has 1 aliphatic rings. The highest BCUT2D eigenvalue weighted by Crippen LogP contribution is 2.41. The number of nitrogens with one attached hydrogen (secondary N) is 1. The predicted molar refractivity (Wildman–Crippen MR) is 127 cm³/mol. The van der Waals surface area contributed by atoms with E-state index < -0.39 is 11.9 Å². The number of thioether (sulfide) groups is 1. The molecule has 2 aromatic carbocycles. The second-order valence-electron chi connectivity index (χ2n) is 6.97. The van der Waals surface area contributed by atoms with Crippen LogP contribution in [0.2, 0.25) is 5.02 Å². The lowest BCUT2D eigenvalue weighted by atomic mass is 9.82. The normalized spacial score (nSPS) is 15.6. The monoisotopic (exact) mass is 464 g/mol. The van der Waals surface area contributed by atoms with Crippen LogP contribution in [0.3, 0.4) is 0 Å². The van der Waals surface area contributed by atoms with Crippen LogP contribution in [0.4, 0.5) is 0 Å². The van der Waals surface area contributed by atoms with E-state index in [1.165, 1.54) is 17.8 Å². The molecule has 2 aromatic rings. The van der Waals surface area contributed by atoms with Crippen molar-refractivity contribution in [2.45, 2.75) is 12.8 Å². The van der Waals surface area contributed by atoms with Crippen LogP contribution < -0.4 is 5.32 Å². The minimum absolute atomic E-state index is 0.0694. The van der Waals surface area contributed by atoms with Crippen molar-refractivity contribution < 1.29 is 14.3 Å². The summed E-state index contributed by atoms with van der Waals surface area (Å²) < 4.78 is 5.29. The van der Waals surface area contributed by atoms with E-state index in [0.717, 1.165) is 5.56 Å². The summed E-state index contributed by atoms with van der Waals surface area (Å²) >= 11 is 7.13. The van der Waals surface area contributed by atoms with Crippen LogP contribution in [-0.2, 0) is 9.53 Å². The molecule has 0 aliphatic carbocycles. The maximum atomic E-state index is 12.8. The fraction of sp³-hybridized carbons (Fsp3) is 0.160. The number of dihydropyridines is 1. The Bertz CT molecular complexity index is 1130. The summed E-state index contributed by atoms with van der Waals surface area (Å²) in [5.74, 6) is -1.08. The van der Waals surface area contributed by atoms with Gasteiger partial charge in [-0.25, -0.2) is 4.79 Å². The molecule has 1 heterocycles. The van der Waals surface area contributed by atoms with Crippen molar-refractivity contribution >= 4 is 35.1 Å². The number of nitrogens with zero attached hydrogens (tertiary/aromatic N) is 1. The predicted octanol–water partition coefficient (Wildman–Crippen LogP) is 5.38. The van der Waals surface area contributed by atoms with Crippen molar-refractivity contribution in [2.75, 3.05) is 12.4 Å². The van der Waals surface area contributed by atoms with E-state index in [1.54, 1.807) is 31.2 Å². The Hall–Kier alpha value is -3.27. The van der Waals surface area contributed by atoms with Crippen LogP contribution in [0.5, 0.6) is 0 Å². The first-order valence-electron chi connectivity index (χ1n) is 9.82. The zero-order valence-electron chi connectivity index (χ0n) is 17.4. The Morgan fingerprint density at radius 2 is 1.91 bits per heavy atom. The van der Waals surface area contributed by atoms with Gasteiger partial charge in [-0.15, -0.1) is 0 Å². The summed E-state index contributed by atoms with van der Waals surface area (Å²) in [6.45, 7) is 5.40. The first kappa shape index (κ1) is 23.4. The van der Waals surface area contributed by atoms with Crippen molar-refractivity contribution in [3.8, 4) is 6.07 Å². The van der Waals surface area contributed by atoms with E-state index in [0.29, 0.717) is 32.5 Å². The average Bonchev–Trinajstić information content (AvgIpc) is 2.81. The van der Waals surface area contributed by atoms with Crippen LogP contribution >= 0.6 is 23.4 Å². The maximum absolute atomic E-state index is 12.8. The number of hydrogen-bond acceptors (Lipinski definition) is 6. The first-order valence-corrected chi connectivity index (χ1v) is 11.2. The summed E-state index contributed by atoms with van der Waals surface area (Å²) in [4.78, 5) is 25.5. The van der Waals surface area contributed by atoms with E-state index >= 15 is 0 Å². The van der Waals surface area contributed by atoms with Gasteiger partial charge >= 0.3 is 5.97 Å². The molecule has 1 N–H and O–H groups in total. The van der Waals surface area contributed by atoms with Crippen molar-refractivity contribution in [1.82, 2.24) is 5.32 Å². The topological polar surface area (TPSA) is 79.2 Å². The highest BCUT2D eigenvalue weighted by Gasteiger charge is 2.35. The largest absolute Gasteiger partial charge is 0.458 e. The summed E-state index contributed by atoms with van der Waals surface area (Å²) in [7, 11) is 0. The van der Waals surface area contributed by atoms with Crippen molar-refractivity contribution in [3.05, 3.63) is 105 Å². The van der Waals surface area contributed by atoms with Crippen molar-refractivity contribution in [3.63, 3.8) is 0 Å². The molecule has 0 amide bonds. The molecule has 0 radical (unpaired) electrons. The van der Waals surface area contributed by atoms with Crippen molar-refractivity contribution in [1.29, 1.82) is 5.26 Å². The van der Waals surface area contributed by atoms with E-state index in [4.69, 9.17) is 16.3 Å². The highest BCUT2D eigenvalue weighted by atomic mass is 35.5. The summed E-state index contributed by atoms with van der Waals surface area (Å²) in [6.07, 6.45) is 1.49. The van der Waals surface area contributed by atoms with Gasteiger partial charge in [0.1, 0.15) is 6.61 Å². The minimum Gasteiger partial charge on any atom is -0.458 e. The van der Waals surface area contributed by atoms with Crippen molar-refractivity contribution in [2.24, 2.45) is 0 Å². The Labute approximate surface area is 196 Å². The number of ketones is 1. The fourth-order valence-electron chi connectivity index (χ4n) is 3.35. The highest BCUT2D eigenvalue weighted by molar-refractivity contribution is 8.03. The third-order valence-electron chi connectivity index (χ3n) is 4.85. The van der Waals surface area contributed by atoms with Gasteiger partial charge in [0.25, 0.3) is 0 Å². The third kappa shape index (κ3) is 5.31. The van der Waals surface area contributed by atoms with Gasteiger partial charge in [-0.05, 0) is 36.8 Å². The molecule has 0 saturated carbocycles. The molecule has 162 valence electrons.